The van der Waals surface area contributed by atoms with Crippen molar-refractivity contribution in [1.29, 1.82) is 0 Å². The molecule has 2 rings (SSSR count). The summed E-state index contributed by atoms with van der Waals surface area (Å²) in [4.78, 5) is 0. The highest BCUT2D eigenvalue weighted by Gasteiger charge is 2.39. The monoisotopic (exact) mass is 235 g/mol. The molecule has 0 heterocycles. The van der Waals surface area contributed by atoms with E-state index in [9.17, 15) is 0 Å². The normalized spacial score (nSPS) is 17.5. The van der Waals surface area contributed by atoms with Gasteiger partial charge in [-0.15, -0.1) is 0 Å². The maximum Gasteiger partial charge on any atom is 0.166 e. The van der Waals surface area contributed by atoms with E-state index in [1.54, 1.807) is 14.2 Å². The first-order valence-corrected chi connectivity index (χ1v) is 6.05. The van der Waals surface area contributed by atoms with Crippen molar-refractivity contribution in [3.63, 3.8) is 0 Å². The Morgan fingerprint density at radius 3 is 2.24 bits per heavy atom. The molecule has 0 aromatic heterocycles. The molecule has 0 bridgehead atoms. The summed E-state index contributed by atoms with van der Waals surface area (Å²) in [7, 11) is 3.35. The van der Waals surface area contributed by atoms with Crippen molar-refractivity contribution in [3.8, 4) is 11.5 Å². The van der Waals surface area contributed by atoms with E-state index in [2.05, 4.69) is 13.8 Å². The quantitative estimate of drug-likeness (QED) is 0.876. The van der Waals surface area contributed by atoms with Gasteiger partial charge < -0.3 is 15.2 Å². The second-order valence-electron chi connectivity index (χ2n) is 4.94. The fourth-order valence-corrected chi connectivity index (χ4v) is 2.62. The number of hydrogen-bond donors (Lipinski definition) is 1. The van der Waals surface area contributed by atoms with Crippen LogP contribution in [0, 0.1) is 13.8 Å². The fraction of sp³-hybridized carbons (Fsp3) is 0.571. The Bertz CT molecular complexity index is 436. The van der Waals surface area contributed by atoms with Crippen molar-refractivity contribution in [2.75, 3.05) is 14.2 Å². The highest BCUT2D eigenvalue weighted by Crippen LogP contribution is 2.48. The number of ether oxygens (including phenoxy) is 2. The largest absolute Gasteiger partial charge is 0.493 e. The average Bonchev–Trinajstić information content (AvgIpc) is 2.28. The van der Waals surface area contributed by atoms with Gasteiger partial charge in [-0.25, -0.2) is 0 Å². The first-order chi connectivity index (χ1) is 8.03. The zero-order chi connectivity index (χ0) is 12.6. The van der Waals surface area contributed by atoms with Gasteiger partial charge in [-0.2, -0.15) is 0 Å². The van der Waals surface area contributed by atoms with Gasteiger partial charge in [0.1, 0.15) is 0 Å². The minimum atomic E-state index is -0.227. The lowest BCUT2D eigenvalue weighted by Gasteiger charge is -2.41. The van der Waals surface area contributed by atoms with Crippen LogP contribution in [-0.2, 0) is 5.54 Å². The number of benzene rings is 1. The van der Waals surface area contributed by atoms with Crippen LogP contribution in [0.5, 0.6) is 11.5 Å². The molecule has 2 N–H and O–H groups in total. The number of methoxy groups -OCH3 is 2. The Balaban J connectivity index is 2.65. The summed E-state index contributed by atoms with van der Waals surface area (Å²) in [6, 6.07) is 2.01. The molecule has 1 aliphatic rings. The molecule has 1 aromatic rings. The third kappa shape index (κ3) is 1.78. The fourth-order valence-electron chi connectivity index (χ4n) is 2.62. The molecule has 1 aliphatic carbocycles. The second-order valence-corrected chi connectivity index (χ2v) is 4.94. The lowest BCUT2D eigenvalue weighted by Crippen LogP contribution is -2.44. The van der Waals surface area contributed by atoms with Crippen LogP contribution in [0.4, 0.5) is 0 Å². The predicted molar refractivity (Wildman–Crippen MR) is 68.7 cm³/mol. The molecular formula is C14H21NO2. The van der Waals surface area contributed by atoms with Crippen molar-refractivity contribution in [3.05, 3.63) is 22.8 Å². The summed E-state index contributed by atoms with van der Waals surface area (Å²) >= 11 is 0. The van der Waals surface area contributed by atoms with Gasteiger partial charge in [-0.1, -0.05) is 0 Å². The molecule has 0 aliphatic heterocycles. The Kier molecular flexibility index (Phi) is 3.04. The minimum absolute atomic E-state index is 0.227. The zero-order valence-electron chi connectivity index (χ0n) is 11.1. The zero-order valence-corrected chi connectivity index (χ0v) is 11.1. The van der Waals surface area contributed by atoms with E-state index in [1.165, 1.54) is 17.5 Å². The Morgan fingerprint density at radius 2 is 1.82 bits per heavy atom. The van der Waals surface area contributed by atoms with Crippen LogP contribution in [0.2, 0.25) is 0 Å². The first-order valence-electron chi connectivity index (χ1n) is 6.05. The highest BCUT2D eigenvalue weighted by atomic mass is 16.5. The van der Waals surface area contributed by atoms with Gasteiger partial charge in [0.25, 0.3) is 0 Å². The maximum atomic E-state index is 6.46. The molecule has 0 unspecified atom stereocenters. The van der Waals surface area contributed by atoms with Gasteiger partial charge in [0.15, 0.2) is 11.5 Å². The maximum absolute atomic E-state index is 6.46. The van der Waals surface area contributed by atoms with Crippen LogP contribution in [0.3, 0.4) is 0 Å². The molecule has 0 amide bonds. The summed E-state index contributed by atoms with van der Waals surface area (Å²) < 4.78 is 10.9. The van der Waals surface area contributed by atoms with Crippen molar-refractivity contribution < 1.29 is 9.47 Å². The van der Waals surface area contributed by atoms with Gasteiger partial charge in [0, 0.05) is 11.1 Å². The number of nitrogens with two attached hydrogens (primary N) is 1. The van der Waals surface area contributed by atoms with Crippen LogP contribution < -0.4 is 15.2 Å². The van der Waals surface area contributed by atoms with Gasteiger partial charge in [0.2, 0.25) is 0 Å². The van der Waals surface area contributed by atoms with Crippen LogP contribution in [0.1, 0.15) is 36.0 Å². The molecule has 17 heavy (non-hydrogen) atoms. The Morgan fingerprint density at radius 1 is 1.18 bits per heavy atom. The third-order valence-electron chi connectivity index (χ3n) is 3.93. The number of aryl methyl sites for hydroxylation is 1. The first kappa shape index (κ1) is 12.2. The molecule has 1 saturated carbocycles. The van der Waals surface area contributed by atoms with E-state index < -0.39 is 0 Å². The summed E-state index contributed by atoms with van der Waals surface area (Å²) in [5.74, 6) is 1.58. The summed E-state index contributed by atoms with van der Waals surface area (Å²) in [6.07, 6.45) is 3.24. The molecule has 0 atom stereocenters. The van der Waals surface area contributed by atoms with Gasteiger partial charge in [0.05, 0.1) is 14.2 Å². The van der Waals surface area contributed by atoms with Gasteiger partial charge >= 0.3 is 0 Å². The summed E-state index contributed by atoms with van der Waals surface area (Å²) in [5, 5.41) is 0. The van der Waals surface area contributed by atoms with Crippen LogP contribution in [-0.4, -0.2) is 14.2 Å². The van der Waals surface area contributed by atoms with Crippen LogP contribution in [0.25, 0.3) is 0 Å². The van der Waals surface area contributed by atoms with E-state index in [-0.39, 0.29) is 5.54 Å². The predicted octanol–water partition coefficient (Wildman–Crippen LogP) is 2.66. The Labute approximate surface area is 103 Å². The topological polar surface area (TPSA) is 44.5 Å². The lowest BCUT2D eigenvalue weighted by atomic mass is 9.70. The van der Waals surface area contributed by atoms with Crippen molar-refractivity contribution in [2.45, 2.75) is 38.6 Å². The Hall–Kier alpha value is -1.22. The van der Waals surface area contributed by atoms with E-state index in [0.717, 1.165) is 29.9 Å². The molecule has 3 nitrogen and oxygen atoms in total. The minimum Gasteiger partial charge on any atom is -0.493 e. The van der Waals surface area contributed by atoms with Crippen molar-refractivity contribution in [2.24, 2.45) is 5.73 Å². The number of rotatable bonds is 3. The average molecular weight is 235 g/mol. The van der Waals surface area contributed by atoms with Gasteiger partial charge in [-0.05, 0) is 50.3 Å². The summed E-state index contributed by atoms with van der Waals surface area (Å²) in [6.45, 7) is 4.20. The molecule has 1 fully saturated rings. The van der Waals surface area contributed by atoms with Gasteiger partial charge in [-0.3, -0.25) is 0 Å². The third-order valence-corrected chi connectivity index (χ3v) is 3.93. The SMILES string of the molecule is COc1cc(C)c(C)c(C2(N)CCC2)c1OC. The van der Waals surface area contributed by atoms with Crippen LogP contribution in [0.15, 0.2) is 6.07 Å². The molecule has 0 radical (unpaired) electrons. The van der Waals surface area contributed by atoms with E-state index in [1.807, 2.05) is 6.07 Å². The number of hydrogen-bond acceptors (Lipinski definition) is 3. The molecule has 1 aromatic carbocycles. The molecular weight excluding hydrogens is 214 g/mol. The highest BCUT2D eigenvalue weighted by molar-refractivity contribution is 5.57. The van der Waals surface area contributed by atoms with Crippen molar-refractivity contribution >= 4 is 0 Å². The smallest absolute Gasteiger partial charge is 0.166 e. The lowest BCUT2D eigenvalue weighted by molar-refractivity contribution is 0.239. The standard InChI is InChI=1S/C14H21NO2/c1-9-8-11(16-3)13(17-4)12(10(9)2)14(15)6-5-7-14/h8H,5-7,15H2,1-4H3. The van der Waals surface area contributed by atoms with E-state index in [0.29, 0.717) is 0 Å². The molecule has 0 spiro atoms. The van der Waals surface area contributed by atoms with Crippen LogP contribution >= 0.6 is 0 Å². The summed E-state index contributed by atoms with van der Waals surface area (Å²) in [5.41, 5.74) is 9.79. The van der Waals surface area contributed by atoms with Crippen molar-refractivity contribution in [1.82, 2.24) is 0 Å². The second kappa shape index (κ2) is 4.22. The molecule has 3 heteroatoms. The molecule has 0 saturated heterocycles. The van der Waals surface area contributed by atoms with E-state index >= 15 is 0 Å². The van der Waals surface area contributed by atoms with E-state index in [4.69, 9.17) is 15.2 Å². The molecule has 94 valence electrons.